The molecule has 0 bridgehead atoms. The Bertz CT molecular complexity index is 569. The van der Waals surface area contributed by atoms with Crippen LogP contribution in [0.3, 0.4) is 0 Å². The average Bonchev–Trinajstić information content (AvgIpc) is 2.48. The second kappa shape index (κ2) is 6.39. The molecule has 2 aromatic carbocycles. The van der Waals surface area contributed by atoms with Gasteiger partial charge in [-0.15, -0.1) is 0 Å². The van der Waals surface area contributed by atoms with Gasteiger partial charge >= 0.3 is 0 Å². The molecule has 0 spiro atoms. The minimum Gasteiger partial charge on any atom is -0.396 e. The number of aryl methyl sites for hydroxylation is 1. The van der Waals surface area contributed by atoms with Crippen LogP contribution in [0.4, 0.5) is 15.8 Å². The van der Waals surface area contributed by atoms with Gasteiger partial charge in [-0.25, -0.2) is 4.39 Å². The molecular weight excluding hydrogens is 255 g/mol. The molecule has 4 N–H and O–H groups in total. The number of halogens is 1. The molecule has 1 atom stereocenters. The van der Waals surface area contributed by atoms with E-state index in [0.717, 1.165) is 12.1 Å². The zero-order valence-corrected chi connectivity index (χ0v) is 11.4. The Labute approximate surface area is 118 Å². The smallest absolute Gasteiger partial charge is 0.146 e. The van der Waals surface area contributed by atoms with Gasteiger partial charge in [0.05, 0.1) is 11.8 Å². The van der Waals surface area contributed by atoms with E-state index in [2.05, 4.69) is 12.2 Å². The van der Waals surface area contributed by atoms with Crippen LogP contribution >= 0.6 is 0 Å². The van der Waals surface area contributed by atoms with Gasteiger partial charge in [-0.1, -0.05) is 25.1 Å². The molecule has 106 valence electrons. The van der Waals surface area contributed by atoms with Crippen molar-refractivity contribution in [1.82, 2.24) is 0 Å². The fraction of sp³-hybridized carbons (Fsp3) is 0.250. The highest BCUT2D eigenvalue weighted by Crippen LogP contribution is 2.19. The first-order valence-corrected chi connectivity index (χ1v) is 6.66. The van der Waals surface area contributed by atoms with Crippen LogP contribution in [0.2, 0.25) is 0 Å². The Balaban J connectivity index is 1.96. The molecular formula is C16H19FN2O. The van der Waals surface area contributed by atoms with E-state index in [1.807, 2.05) is 24.3 Å². The summed E-state index contributed by atoms with van der Waals surface area (Å²) >= 11 is 0. The van der Waals surface area contributed by atoms with E-state index < -0.39 is 11.9 Å². The molecule has 0 aliphatic heterocycles. The van der Waals surface area contributed by atoms with Crippen molar-refractivity contribution in [3.05, 3.63) is 59.4 Å². The highest BCUT2D eigenvalue weighted by Gasteiger charge is 2.09. The van der Waals surface area contributed by atoms with Crippen molar-refractivity contribution >= 4 is 11.4 Å². The van der Waals surface area contributed by atoms with Crippen molar-refractivity contribution in [1.29, 1.82) is 0 Å². The highest BCUT2D eigenvalue weighted by molar-refractivity contribution is 5.46. The minimum atomic E-state index is -0.733. The molecule has 1 unspecified atom stereocenters. The van der Waals surface area contributed by atoms with Gasteiger partial charge in [-0.05, 0) is 41.8 Å². The van der Waals surface area contributed by atoms with Crippen molar-refractivity contribution in [2.24, 2.45) is 0 Å². The number of hydrogen-bond acceptors (Lipinski definition) is 3. The summed E-state index contributed by atoms with van der Waals surface area (Å²) in [6.45, 7) is 2.45. The largest absolute Gasteiger partial charge is 0.396 e. The lowest BCUT2D eigenvalue weighted by Gasteiger charge is -2.14. The van der Waals surface area contributed by atoms with Crippen LogP contribution in [0.25, 0.3) is 0 Å². The third kappa shape index (κ3) is 3.48. The predicted octanol–water partition coefficient (Wildman–Crippen LogP) is 3.12. The van der Waals surface area contributed by atoms with Crippen LogP contribution in [0, 0.1) is 5.82 Å². The van der Waals surface area contributed by atoms with E-state index in [0.29, 0.717) is 12.1 Å². The maximum absolute atomic E-state index is 13.1. The summed E-state index contributed by atoms with van der Waals surface area (Å²) in [5.41, 5.74) is 8.35. The van der Waals surface area contributed by atoms with Gasteiger partial charge in [0.1, 0.15) is 5.82 Å². The third-order valence-corrected chi connectivity index (χ3v) is 3.27. The monoisotopic (exact) mass is 274 g/mol. The van der Waals surface area contributed by atoms with E-state index in [-0.39, 0.29) is 5.69 Å². The maximum Gasteiger partial charge on any atom is 0.146 e. The first-order chi connectivity index (χ1) is 9.60. The van der Waals surface area contributed by atoms with Crippen molar-refractivity contribution in [2.75, 3.05) is 17.6 Å². The molecule has 0 heterocycles. The molecule has 2 aromatic rings. The SMILES string of the molecule is CCc1ccc(NCC(O)c2ccc(F)c(N)c2)cc1. The summed E-state index contributed by atoms with van der Waals surface area (Å²) in [5, 5.41) is 13.2. The van der Waals surface area contributed by atoms with Crippen LogP contribution in [0.15, 0.2) is 42.5 Å². The Morgan fingerprint density at radius 3 is 2.50 bits per heavy atom. The minimum absolute atomic E-state index is 0.0499. The number of aliphatic hydroxyl groups is 1. The van der Waals surface area contributed by atoms with Crippen molar-refractivity contribution < 1.29 is 9.50 Å². The number of anilines is 2. The van der Waals surface area contributed by atoms with Gasteiger partial charge in [-0.3, -0.25) is 0 Å². The standard InChI is InChI=1S/C16H19FN2O/c1-2-11-3-6-13(7-4-11)19-10-16(20)12-5-8-14(17)15(18)9-12/h3-9,16,19-20H,2,10,18H2,1H3. The number of nitrogen functional groups attached to an aromatic ring is 1. The Hall–Kier alpha value is -2.07. The van der Waals surface area contributed by atoms with Gasteiger partial charge < -0.3 is 16.2 Å². The van der Waals surface area contributed by atoms with E-state index in [1.165, 1.54) is 23.8 Å². The number of hydrogen-bond donors (Lipinski definition) is 3. The van der Waals surface area contributed by atoms with E-state index in [4.69, 9.17) is 5.73 Å². The summed E-state index contributed by atoms with van der Waals surface area (Å²) in [6, 6.07) is 12.3. The van der Waals surface area contributed by atoms with E-state index in [1.54, 1.807) is 0 Å². The molecule has 0 aliphatic rings. The van der Waals surface area contributed by atoms with Crippen LogP contribution in [0.1, 0.15) is 24.2 Å². The fourth-order valence-corrected chi connectivity index (χ4v) is 1.96. The molecule has 3 nitrogen and oxygen atoms in total. The average molecular weight is 274 g/mol. The number of aliphatic hydroxyl groups excluding tert-OH is 1. The first kappa shape index (κ1) is 14.3. The lowest BCUT2D eigenvalue weighted by atomic mass is 10.1. The zero-order chi connectivity index (χ0) is 14.5. The summed E-state index contributed by atoms with van der Waals surface area (Å²) in [6.07, 6.45) is 0.265. The quantitative estimate of drug-likeness (QED) is 0.734. The molecule has 4 heteroatoms. The van der Waals surface area contributed by atoms with Crippen molar-refractivity contribution in [2.45, 2.75) is 19.4 Å². The Kier molecular flexibility index (Phi) is 4.58. The molecule has 20 heavy (non-hydrogen) atoms. The molecule has 0 saturated heterocycles. The van der Waals surface area contributed by atoms with E-state index in [9.17, 15) is 9.50 Å². The third-order valence-electron chi connectivity index (χ3n) is 3.27. The zero-order valence-electron chi connectivity index (χ0n) is 11.4. The second-order valence-corrected chi connectivity index (χ2v) is 4.73. The molecule has 0 aliphatic carbocycles. The maximum atomic E-state index is 13.1. The van der Waals surface area contributed by atoms with Crippen LogP contribution in [0.5, 0.6) is 0 Å². The lowest BCUT2D eigenvalue weighted by Crippen LogP contribution is -2.12. The van der Waals surface area contributed by atoms with Gasteiger partial charge in [-0.2, -0.15) is 0 Å². The number of benzene rings is 2. The predicted molar refractivity (Wildman–Crippen MR) is 80.1 cm³/mol. The Morgan fingerprint density at radius 2 is 1.90 bits per heavy atom. The van der Waals surface area contributed by atoms with Crippen molar-refractivity contribution in [3.8, 4) is 0 Å². The molecule has 0 aromatic heterocycles. The van der Waals surface area contributed by atoms with Crippen molar-refractivity contribution in [3.63, 3.8) is 0 Å². The Morgan fingerprint density at radius 1 is 1.20 bits per heavy atom. The second-order valence-electron chi connectivity index (χ2n) is 4.73. The number of nitrogens with two attached hydrogens (primary N) is 1. The molecule has 0 amide bonds. The normalized spacial score (nSPS) is 12.2. The summed E-state index contributed by atoms with van der Waals surface area (Å²) in [4.78, 5) is 0. The number of rotatable bonds is 5. The summed E-state index contributed by atoms with van der Waals surface area (Å²) < 4.78 is 13.1. The van der Waals surface area contributed by atoms with Gasteiger partial charge in [0, 0.05) is 12.2 Å². The molecule has 0 saturated carbocycles. The lowest BCUT2D eigenvalue weighted by molar-refractivity contribution is 0.191. The topological polar surface area (TPSA) is 58.3 Å². The van der Waals surface area contributed by atoms with Gasteiger partial charge in [0.2, 0.25) is 0 Å². The molecule has 2 rings (SSSR count). The van der Waals surface area contributed by atoms with Crippen LogP contribution in [-0.2, 0) is 6.42 Å². The fourth-order valence-electron chi connectivity index (χ4n) is 1.96. The van der Waals surface area contributed by atoms with Gasteiger partial charge in [0.15, 0.2) is 0 Å². The van der Waals surface area contributed by atoms with Crippen LogP contribution < -0.4 is 11.1 Å². The summed E-state index contributed by atoms with van der Waals surface area (Å²) in [5.74, 6) is -0.468. The van der Waals surface area contributed by atoms with Gasteiger partial charge in [0.25, 0.3) is 0 Å². The van der Waals surface area contributed by atoms with Crippen LogP contribution in [-0.4, -0.2) is 11.7 Å². The summed E-state index contributed by atoms with van der Waals surface area (Å²) in [7, 11) is 0. The van der Waals surface area contributed by atoms with E-state index >= 15 is 0 Å². The first-order valence-electron chi connectivity index (χ1n) is 6.66. The highest BCUT2D eigenvalue weighted by atomic mass is 19.1. The molecule has 0 fully saturated rings. The molecule has 0 radical (unpaired) electrons. The number of nitrogens with one attached hydrogen (secondary N) is 1.